The first kappa shape index (κ1) is 10.5. The molecule has 1 heterocycles. The number of rotatable bonds is 2. The summed E-state index contributed by atoms with van der Waals surface area (Å²) in [5.41, 5.74) is 2.70. The maximum atomic E-state index is 2.48. The van der Waals surface area contributed by atoms with Gasteiger partial charge in [0.1, 0.15) is 0 Å². The van der Waals surface area contributed by atoms with Crippen molar-refractivity contribution in [1.82, 2.24) is 4.90 Å². The molecular weight excluding hydrogens is 184 g/mol. The molecule has 1 aromatic carbocycles. The molecule has 2 nitrogen and oxygen atoms in total. The molecule has 1 fully saturated rings. The van der Waals surface area contributed by atoms with Crippen LogP contribution in [0.5, 0.6) is 0 Å². The van der Waals surface area contributed by atoms with E-state index in [4.69, 9.17) is 0 Å². The van der Waals surface area contributed by atoms with Gasteiger partial charge in [0.25, 0.3) is 0 Å². The summed E-state index contributed by atoms with van der Waals surface area (Å²) < 4.78 is 0. The molecule has 0 amide bonds. The Morgan fingerprint density at radius 3 is 2.40 bits per heavy atom. The molecule has 1 aliphatic rings. The van der Waals surface area contributed by atoms with Crippen molar-refractivity contribution in [1.29, 1.82) is 0 Å². The number of anilines is 1. The van der Waals surface area contributed by atoms with E-state index in [1.807, 2.05) is 0 Å². The van der Waals surface area contributed by atoms with Gasteiger partial charge in [-0.2, -0.15) is 0 Å². The van der Waals surface area contributed by atoms with E-state index < -0.39 is 0 Å². The van der Waals surface area contributed by atoms with E-state index in [0.29, 0.717) is 6.04 Å². The molecule has 82 valence electrons. The van der Waals surface area contributed by atoms with Gasteiger partial charge in [0.2, 0.25) is 0 Å². The highest BCUT2D eigenvalue weighted by molar-refractivity contribution is 5.48. The maximum absolute atomic E-state index is 2.48. The lowest BCUT2D eigenvalue weighted by atomic mass is 10.2. The van der Waals surface area contributed by atoms with E-state index in [9.17, 15) is 0 Å². The summed E-state index contributed by atoms with van der Waals surface area (Å²) in [7, 11) is 4.34. The van der Waals surface area contributed by atoms with Crippen LogP contribution < -0.4 is 4.90 Å². The summed E-state index contributed by atoms with van der Waals surface area (Å²) in [6.45, 7) is 4.48. The van der Waals surface area contributed by atoms with Crippen molar-refractivity contribution >= 4 is 5.69 Å². The molecule has 0 aromatic heterocycles. The third-order valence-corrected chi connectivity index (χ3v) is 3.29. The minimum absolute atomic E-state index is 0.714. The Kier molecular flexibility index (Phi) is 2.96. The van der Waals surface area contributed by atoms with Crippen molar-refractivity contribution in [3.8, 4) is 0 Å². The van der Waals surface area contributed by atoms with Crippen molar-refractivity contribution in [3.05, 3.63) is 29.8 Å². The lowest BCUT2D eigenvalue weighted by molar-refractivity contribution is 0.315. The van der Waals surface area contributed by atoms with Gasteiger partial charge in [-0.3, -0.25) is 0 Å². The van der Waals surface area contributed by atoms with Crippen molar-refractivity contribution in [2.75, 3.05) is 32.1 Å². The van der Waals surface area contributed by atoms with Crippen molar-refractivity contribution in [3.63, 3.8) is 0 Å². The van der Waals surface area contributed by atoms with Crippen LogP contribution in [0, 0.1) is 6.92 Å². The predicted octanol–water partition coefficient (Wildman–Crippen LogP) is 2.14. The molecule has 1 saturated heterocycles. The van der Waals surface area contributed by atoms with Crippen LogP contribution in [-0.4, -0.2) is 38.1 Å². The van der Waals surface area contributed by atoms with E-state index in [1.165, 1.54) is 24.2 Å². The topological polar surface area (TPSA) is 6.48 Å². The van der Waals surface area contributed by atoms with Crippen LogP contribution in [0.3, 0.4) is 0 Å². The van der Waals surface area contributed by atoms with Gasteiger partial charge in [0, 0.05) is 24.8 Å². The summed E-state index contributed by atoms with van der Waals surface area (Å²) in [5, 5.41) is 0. The minimum atomic E-state index is 0.714. The summed E-state index contributed by atoms with van der Waals surface area (Å²) in [4.78, 5) is 4.80. The number of aryl methyl sites for hydroxylation is 1. The number of benzene rings is 1. The van der Waals surface area contributed by atoms with Crippen LogP contribution in [-0.2, 0) is 0 Å². The highest BCUT2D eigenvalue weighted by atomic mass is 15.2. The molecule has 0 aliphatic carbocycles. The summed E-state index contributed by atoms with van der Waals surface area (Å²) >= 11 is 0. The Morgan fingerprint density at radius 1 is 1.20 bits per heavy atom. The predicted molar refractivity (Wildman–Crippen MR) is 65.5 cm³/mol. The van der Waals surface area contributed by atoms with Crippen LogP contribution in [0.25, 0.3) is 0 Å². The molecule has 2 heteroatoms. The monoisotopic (exact) mass is 204 g/mol. The van der Waals surface area contributed by atoms with Gasteiger partial charge in [-0.05, 0) is 39.6 Å². The molecule has 0 N–H and O–H groups in total. The van der Waals surface area contributed by atoms with Gasteiger partial charge in [-0.25, -0.2) is 0 Å². The van der Waals surface area contributed by atoms with E-state index in [0.717, 1.165) is 6.54 Å². The van der Waals surface area contributed by atoms with Gasteiger partial charge >= 0.3 is 0 Å². The molecule has 2 rings (SSSR count). The highest BCUT2D eigenvalue weighted by Gasteiger charge is 2.23. The lowest BCUT2D eigenvalue weighted by Crippen LogP contribution is -2.31. The molecule has 0 spiro atoms. The van der Waals surface area contributed by atoms with Gasteiger partial charge in [0.15, 0.2) is 0 Å². The first-order chi connectivity index (χ1) is 7.16. The molecule has 0 radical (unpaired) electrons. The van der Waals surface area contributed by atoms with Crippen LogP contribution in [0.15, 0.2) is 24.3 Å². The fourth-order valence-electron chi connectivity index (χ4n) is 2.15. The van der Waals surface area contributed by atoms with Crippen LogP contribution in [0.4, 0.5) is 5.69 Å². The third kappa shape index (κ3) is 2.32. The minimum Gasteiger partial charge on any atom is -0.370 e. The largest absolute Gasteiger partial charge is 0.370 e. The normalized spacial score (nSPS) is 21.3. The van der Waals surface area contributed by atoms with E-state index in [2.05, 4.69) is 55.1 Å². The van der Waals surface area contributed by atoms with Crippen molar-refractivity contribution < 1.29 is 0 Å². The molecule has 1 aliphatic heterocycles. The summed E-state index contributed by atoms with van der Waals surface area (Å²) in [6, 6.07) is 9.56. The molecule has 1 atom stereocenters. The number of likely N-dealkylation sites (N-methyl/N-ethyl adjacent to an activating group) is 1. The van der Waals surface area contributed by atoms with Gasteiger partial charge in [0.05, 0.1) is 0 Å². The number of hydrogen-bond acceptors (Lipinski definition) is 2. The first-order valence-corrected chi connectivity index (χ1v) is 5.65. The highest BCUT2D eigenvalue weighted by Crippen LogP contribution is 2.22. The van der Waals surface area contributed by atoms with Gasteiger partial charge in [-0.1, -0.05) is 17.7 Å². The SMILES string of the molecule is Cc1ccc(N2CC[C@H](N(C)C)C2)cc1. The quantitative estimate of drug-likeness (QED) is 0.728. The summed E-state index contributed by atoms with van der Waals surface area (Å²) in [5.74, 6) is 0. The fraction of sp³-hybridized carbons (Fsp3) is 0.538. The zero-order valence-electron chi connectivity index (χ0n) is 9.90. The molecule has 0 unspecified atom stereocenters. The zero-order chi connectivity index (χ0) is 10.8. The Labute approximate surface area is 92.5 Å². The van der Waals surface area contributed by atoms with Crippen molar-refractivity contribution in [2.24, 2.45) is 0 Å². The number of hydrogen-bond donors (Lipinski definition) is 0. The van der Waals surface area contributed by atoms with E-state index >= 15 is 0 Å². The average molecular weight is 204 g/mol. The second-order valence-corrected chi connectivity index (χ2v) is 4.69. The van der Waals surface area contributed by atoms with Crippen molar-refractivity contribution in [2.45, 2.75) is 19.4 Å². The average Bonchev–Trinajstić information content (AvgIpc) is 2.68. The Balaban J connectivity index is 2.04. The second kappa shape index (κ2) is 4.23. The molecule has 1 aromatic rings. The fourth-order valence-corrected chi connectivity index (χ4v) is 2.15. The Hall–Kier alpha value is -1.02. The second-order valence-electron chi connectivity index (χ2n) is 4.69. The van der Waals surface area contributed by atoms with Gasteiger partial charge in [-0.15, -0.1) is 0 Å². The van der Waals surface area contributed by atoms with Crippen LogP contribution in [0.2, 0.25) is 0 Å². The summed E-state index contributed by atoms with van der Waals surface area (Å²) in [6.07, 6.45) is 1.28. The van der Waals surface area contributed by atoms with Crippen LogP contribution >= 0.6 is 0 Å². The Morgan fingerprint density at radius 2 is 1.87 bits per heavy atom. The van der Waals surface area contributed by atoms with E-state index in [1.54, 1.807) is 0 Å². The molecular formula is C13H20N2. The van der Waals surface area contributed by atoms with Crippen LogP contribution in [0.1, 0.15) is 12.0 Å². The first-order valence-electron chi connectivity index (χ1n) is 5.65. The molecule has 15 heavy (non-hydrogen) atoms. The van der Waals surface area contributed by atoms with E-state index in [-0.39, 0.29) is 0 Å². The standard InChI is InChI=1S/C13H20N2/c1-11-4-6-12(7-5-11)15-9-8-13(10-15)14(2)3/h4-7,13H,8-10H2,1-3H3/t13-/m0/s1. The molecule has 0 bridgehead atoms. The number of nitrogens with zero attached hydrogens (tertiary/aromatic N) is 2. The zero-order valence-corrected chi connectivity index (χ0v) is 9.90. The Bertz CT molecular complexity index is 316. The molecule has 0 saturated carbocycles. The maximum Gasteiger partial charge on any atom is 0.0366 e. The van der Waals surface area contributed by atoms with Gasteiger partial charge < -0.3 is 9.80 Å². The third-order valence-electron chi connectivity index (χ3n) is 3.29. The lowest BCUT2D eigenvalue weighted by Gasteiger charge is -2.21. The smallest absolute Gasteiger partial charge is 0.0366 e.